The smallest absolute Gasteiger partial charge is 0.234 e. The maximum absolute atomic E-state index is 12.4. The van der Waals surface area contributed by atoms with Gasteiger partial charge in [0.05, 0.1) is 27.2 Å². The first kappa shape index (κ1) is 20.3. The number of halogens is 2. The molecular weight excluding hydrogens is 449 g/mol. The number of thioether (sulfide) groups is 1. The van der Waals surface area contributed by atoms with Crippen LogP contribution in [0.5, 0.6) is 0 Å². The van der Waals surface area contributed by atoms with Crippen molar-refractivity contribution in [2.75, 3.05) is 11.1 Å². The number of nitrogens with one attached hydrogen (secondary N) is 2. The van der Waals surface area contributed by atoms with Crippen molar-refractivity contribution >= 4 is 46.6 Å². The molecule has 1 amide bonds. The van der Waals surface area contributed by atoms with Crippen LogP contribution in [0, 0.1) is 6.92 Å². The zero-order chi connectivity index (χ0) is 21.1. The maximum atomic E-state index is 12.4. The molecule has 0 aliphatic rings. The molecule has 0 radical (unpaired) electrons. The van der Waals surface area contributed by atoms with E-state index < -0.39 is 0 Å². The highest BCUT2D eigenvalue weighted by Crippen LogP contribution is 2.28. The molecule has 2 aromatic heterocycles. The fourth-order valence-corrected chi connectivity index (χ4v) is 3.79. The number of aromatic nitrogens is 8. The summed E-state index contributed by atoms with van der Waals surface area (Å²) in [6.45, 7) is 1.94. The second-order valence-electron chi connectivity index (χ2n) is 6.10. The molecule has 0 atom stereocenters. The summed E-state index contributed by atoms with van der Waals surface area (Å²) in [5.41, 5.74) is 2.80. The Morgan fingerprint density at radius 2 is 2.03 bits per heavy atom. The highest BCUT2D eigenvalue weighted by Gasteiger charge is 2.15. The Hall–Kier alpha value is -3.02. The summed E-state index contributed by atoms with van der Waals surface area (Å²) in [5, 5.41) is 29.4. The molecule has 2 N–H and O–H groups in total. The molecule has 0 aliphatic heterocycles. The van der Waals surface area contributed by atoms with Crippen LogP contribution in [-0.4, -0.2) is 52.5 Å². The van der Waals surface area contributed by atoms with Gasteiger partial charge in [0.2, 0.25) is 16.9 Å². The highest BCUT2D eigenvalue weighted by molar-refractivity contribution is 7.99. The fraction of sp³-hybridized carbons (Fsp3) is 0.118. The molecule has 2 aromatic carbocycles. The SMILES string of the molecule is Cc1ccc(-n2nnnc2SCC(=O)Nc2ccc(-c3nn[nH]n3)cc2Cl)c(Cl)c1. The average Bonchev–Trinajstić information content (AvgIpc) is 3.40. The summed E-state index contributed by atoms with van der Waals surface area (Å²) in [4.78, 5) is 12.4. The molecule has 30 heavy (non-hydrogen) atoms. The van der Waals surface area contributed by atoms with Crippen LogP contribution < -0.4 is 5.32 Å². The normalized spacial score (nSPS) is 10.9. The number of carbonyl (C=O) groups excluding carboxylic acids is 1. The first-order chi connectivity index (χ1) is 14.5. The van der Waals surface area contributed by atoms with Gasteiger partial charge in [0.15, 0.2) is 0 Å². The number of tetrazole rings is 2. The number of hydrogen-bond acceptors (Lipinski definition) is 8. The van der Waals surface area contributed by atoms with Crippen molar-refractivity contribution in [2.24, 2.45) is 0 Å². The van der Waals surface area contributed by atoms with Gasteiger partial charge in [0.1, 0.15) is 0 Å². The van der Waals surface area contributed by atoms with Gasteiger partial charge in [0, 0.05) is 5.56 Å². The van der Waals surface area contributed by atoms with Gasteiger partial charge in [0.25, 0.3) is 0 Å². The summed E-state index contributed by atoms with van der Waals surface area (Å²) in [5.74, 6) is 0.220. The Morgan fingerprint density at radius 1 is 1.17 bits per heavy atom. The second-order valence-corrected chi connectivity index (χ2v) is 7.85. The van der Waals surface area contributed by atoms with E-state index in [-0.39, 0.29) is 11.7 Å². The Bertz CT molecular complexity index is 1200. The predicted molar refractivity (Wildman–Crippen MR) is 113 cm³/mol. The number of anilines is 1. The van der Waals surface area contributed by atoms with E-state index in [1.165, 1.54) is 16.4 Å². The third kappa shape index (κ3) is 4.42. The molecule has 152 valence electrons. The molecular formula is C17H13Cl2N9OS. The van der Waals surface area contributed by atoms with Gasteiger partial charge in [-0.2, -0.15) is 9.90 Å². The Morgan fingerprint density at radius 3 is 2.77 bits per heavy atom. The maximum Gasteiger partial charge on any atom is 0.234 e. The van der Waals surface area contributed by atoms with Crippen LogP contribution in [-0.2, 0) is 4.79 Å². The Balaban J connectivity index is 1.42. The van der Waals surface area contributed by atoms with Gasteiger partial charge in [-0.3, -0.25) is 4.79 Å². The Labute approximate surface area is 184 Å². The van der Waals surface area contributed by atoms with Crippen LogP contribution in [0.3, 0.4) is 0 Å². The minimum Gasteiger partial charge on any atom is -0.324 e. The van der Waals surface area contributed by atoms with Crippen LogP contribution in [0.4, 0.5) is 5.69 Å². The van der Waals surface area contributed by atoms with Gasteiger partial charge < -0.3 is 5.32 Å². The lowest BCUT2D eigenvalue weighted by Gasteiger charge is -2.09. The van der Waals surface area contributed by atoms with Gasteiger partial charge >= 0.3 is 0 Å². The lowest BCUT2D eigenvalue weighted by Crippen LogP contribution is -2.15. The molecule has 4 aromatic rings. The van der Waals surface area contributed by atoms with Crippen molar-refractivity contribution in [2.45, 2.75) is 12.1 Å². The fourth-order valence-electron chi connectivity index (χ4n) is 2.56. The minimum atomic E-state index is -0.265. The molecule has 0 unspecified atom stereocenters. The van der Waals surface area contributed by atoms with Crippen molar-refractivity contribution in [1.82, 2.24) is 40.8 Å². The number of nitrogens with zero attached hydrogens (tertiary/aromatic N) is 7. The average molecular weight is 462 g/mol. The van der Waals surface area contributed by atoms with E-state index in [1.54, 1.807) is 18.2 Å². The van der Waals surface area contributed by atoms with Crippen molar-refractivity contribution < 1.29 is 4.79 Å². The number of aryl methyl sites for hydroxylation is 1. The molecule has 4 rings (SSSR count). The lowest BCUT2D eigenvalue weighted by atomic mass is 10.2. The number of carbonyl (C=O) groups is 1. The first-order valence-corrected chi connectivity index (χ1v) is 10.3. The first-order valence-electron chi connectivity index (χ1n) is 8.52. The predicted octanol–water partition coefficient (Wildman–Crippen LogP) is 3.19. The van der Waals surface area contributed by atoms with Crippen LogP contribution in [0.1, 0.15) is 5.56 Å². The minimum absolute atomic E-state index is 0.0762. The molecule has 10 nitrogen and oxygen atoms in total. The summed E-state index contributed by atoms with van der Waals surface area (Å²) in [6.07, 6.45) is 0. The van der Waals surface area contributed by atoms with E-state index in [1.807, 2.05) is 25.1 Å². The monoisotopic (exact) mass is 461 g/mol. The van der Waals surface area contributed by atoms with Crippen LogP contribution in [0.2, 0.25) is 10.0 Å². The molecule has 0 aliphatic carbocycles. The third-order valence-corrected chi connectivity index (χ3v) is 5.49. The van der Waals surface area contributed by atoms with Gasteiger partial charge in [-0.1, -0.05) is 41.0 Å². The summed E-state index contributed by atoms with van der Waals surface area (Å²) in [7, 11) is 0. The highest BCUT2D eigenvalue weighted by atomic mass is 35.5. The van der Waals surface area contributed by atoms with E-state index in [2.05, 4.69) is 41.5 Å². The zero-order valence-electron chi connectivity index (χ0n) is 15.4. The molecule has 13 heteroatoms. The van der Waals surface area contributed by atoms with Crippen LogP contribution in [0.25, 0.3) is 17.1 Å². The summed E-state index contributed by atoms with van der Waals surface area (Å²) >= 11 is 13.7. The second kappa shape index (κ2) is 8.78. The van der Waals surface area contributed by atoms with Crippen molar-refractivity contribution in [3.05, 3.63) is 52.0 Å². The van der Waals surface area contributed by atoms with Crippen LogP contribution >= 0.6 is 35.0 Å². The number of rotatable bonds is 6. The van der Waals surface area contributed by atoms with Gasteiger partial charge in [-0.25, -0.2) is 0 Å². The van der Waals surface area contributed by atoms with E-state index in [0.717, 1.165) is 5.56 Å². The molecule has 2 heterocycles. The van der Waals surface area contributed by atoms with Crippen molar-refractivity contribution in [3.8, 4) is 17.1 Å². The van der Waals surface area contributed by atoms with E-state index in [4.69, 9.17) is 23.2 Å². The standard InChI is InChI=1S/C17H13Cl2N9OS/c1-9-2-5-14(12(19)6-9)28-17(23-26-27-28)30-8-15(29)20-13-4-3-10(7-11(13)18)16-21-24-25-22-16/h2-7H,8H2,1H3,(H,20,29)(H,21,22,24,25). The number of hydrogen-bond donors (Lipinski definition) is 2. The molecule has 0 saturated heterocycles. The number of H-pyrrole nitrogens is 1. The number of benzene rings is 2. The molecule has 0 bridgehead atoms. The largest absolute Gasteiger partial charge is 0.324 e. The summed E-state index contributed by atoms with van der Waals surface area (Å²) in [6, 6.07) is 10.6. The molecule has 0 spiro atoms. The van der Waals surface area contributed by atoms with Crippen molar-refractivity contribution in [3.63, 3.8) is 0 Å². The molecule has 0 saturated carbocycles. The van der Waals surface area contributed by atoms with E-state index in [9.17, 15) is 4.79 Å². The van der Waals surface area contributed by atoms with Crippen LogP contribution in [0.15, 0.2) is 41.6 Å². The lowest BCUT2D eigenvalue weighted by molar-refractivity contribution is -0.113. The zero-order valence-corrected chi connectivity index (χ0v) is 17.7. The van der Waals surface area contributed by atoms with Crippen molar-refractivity contribution in [1.29, 1.82) is 0 Å². The van der Waals surface area contributed by atoms with E-state index >= 15 is 0 Å². The topological polar surface area (TPSA) is 127 Å². The quantitative estimate of drug-likeness (QED) is 0.419. The van der Waals surface area contributed by atoms with Gasteiger partial charge in [-0.15, -0.1) is 15.3 Å². The van der Waals surface area contributed by atoms with Gasteiger partial charge in [-0.05, 0) is 58.5 Å². The molecule has 0 fully saturated rings. The Kier molecular flexibility index (Phi) is 5.93. The van der Waals surface area contributed by atoms with E-state index in [0.29, 0.717) is 38.0 Å². The third-order valence-electron chi connectivity index (χ3n) is 3.95. The summed E-state index contributed by atoms with van der Waals surface area (Å²) < 4.78 is 1.49. The number of aromatic amines is 1. The number of amides is 1.